The average molecular weight is 369 g/mol. The van der Waals surface area contributed by atoms with Crippen molar-refractivity contribution in [3.8, 4) is 0 Å². The summed E-state index contributed by atoms with van der Waals surface area (Å²) < 4.78 is 0. The van der Waals surface area contributed by atoms with Crippen LogP contribution in [0.2, 0.25) is 0 Å². The summed E-state index contributed by atoms with van der Waals surface area (Å²) in [4.78, 5) is 28.2. The van der Waals surface area contributed by atoms with Gasteiger partial charge in [0.2, 0.25) is 5.91 Å². The molecule has 2 aromatic rings. The van der Waals surface area contributed by atoms with Crippen LogP contribution in [0, 0.1) is 0 Å². The number of anilines is 1. The van der Waals surface area contributed by atoms with Crippen LogP contribution in [-0.4, -0.2) is 35.6 Å². The van der Waals surface area contributed by atoms with Crippen molar-refractivity contribution in [2.24, 2.45) is 0 Å². The summed E-state index contributed by atoms with van der Waals surface area (Å²) in [6.45, 7) is 1.59. The molecule has 1 fully saturated rings. The molecule has 0 bridgehead atoms. The Labute approximate surface area is 159 Å². The molecule has 1 aliphatic rings. The number of para-hydroxylation sites is 1. The number of likely N-dealkylation sites (tertiary alicyclic amines) is 1. The lowest BCUT2D eigenvalue weighted by Crippen LogP contribution is -2.32. The molecule has 1 N–H and O–H groups in total. The second-order valence-corrected chi connectivity index (χ2v) is 7.45. The predicted octanol–water partition coefficient (Wildman–Crippen LogP) is 4.43. The van der Waals surface area contributed by atoms with Gasteiger partial charge in [-0.2, -0.15) is 0 Å². The van der Waals surface area contributed by atoms with E-state index in [1.165, 1.54) is 24.6 Å². The fraction of sp³-hybridized carbons (Fsp3) is 0.333. The van der Waals surface area contributed by atoms with Gasteiger partial charge in [0.1, 0.15) is 0 Å². The van der Waals surface area contributed by atoms with Gasteiger partial charge in [0.15, 0.2) is 0 Å². The summed E-state index contributed by atoms with van der Waals surface area (Å²) in [5.74, 6) is 0.226. The molecule has 26 heavy (non-hydrogen) atoms. The molecule has 1 heterocycles. The van der Waals surface area contributed by atoms with E-state index in [0.29, 0.717) is 17.0 Å². The zero-order valence-electron chi connectivity index (χ0n) is 14.8. The quantitative estimate of drug-likeness (QED) is 0.794. The molecule has 0 unspecified atom stereocenters. The molecule has 3 rings (SSSR count). The van der Waals surface area contributed by atoms with Crippen molar-refractivity contribution in [2.75, 3.05) is 24.2 Å². The average Bonchev–Trinajstić information content (AvgIpc) is 2.97. The monoisotopic (exact) mass is 368 g/mol. The number of hydrogen-bond acceptors (Lipinski definition) is 3. The third-order valence-electron chi connectivity index (χ3n) is 4.44. The number of nitrogens with one attached hydrogen (secondary N) is 1. The van der Waals surface area contributed by atoms with Crippen LogP contribution < -0.4 is 5.32 Å². The van der Waals surface area contributed by atoms with Crippen LogP contribution >= 0.6 is 11.8 Å². The Morgan fingerprint density at radius 1 is 0.885 bits per heavy atom. The lowest BCUT2D eigenvalue weighted by molar-refractivity contribution is -0.113. The highest BCUT2D eigenvalue weighted by molar-refractivity contribution is 8.00. The topological polar surface area (TPSA) is 49.4 Å². The minimum absolute atomic E-state index is 0.0125. The number of amides is 2. The van der Waals surface area contributed by atoms with Gasteiger partial charge in [-0.1, -0.05) is 43.2 Å². The number of carbonyl (C=O) groups excluding carboxylic acids is 2. The van der Waals surface area contributed by atoms with Gasteiger partial charge in [-0.15, -0.1) is 11.8 Å². The Morgan fingerprint density at radius 2 is 1.54 bits per heavy atom. The molecule has 2 amide bonds. The molecule has 0 atom stereocenters. The van der Waals surface area contributed by atoms with E-state index in [1.54, 1.807) is 12.1 Å². The lowest BCUT2D eigenvalue weighted by Gasteiger charge is -2.22. The number of thioether (sulfide) groups is 1. The Balaban J connectivity index is 1.64. The summed E-state index contributed by atoms with van der Waals surface area (Å²) in [6, 6.07) is 17.1. The van der Waals surface area contributed by atoms with Crippen LogP contribution in [0.15, 0.2) is 59.5 Å². The number of nitrogens with zero attached hydrogens (tertiary/aromatic N) is 1. The van der Waals surface area contributed by atoms with Crippen molar-refractivity contribution in [3.05, 3.63) is 60.2 Å². The van der Waals surface area contributed by atoms with Gasteiger partial charge in [0, 0.05) is 18.0 Å². The summed E-state index contributed by atoms with van der Waals surface area (Å²) in [6.07, 6.45) is 4.46. The molecule has 2 aromatic carbocycles. The number of rotatable bonds is 5. The smallest absolute Gasteiger partial charge is 0.255 e. The fourth-order valence-electron chi connectivity index (χ4n) is 3.07. The molecule has 0 aromatic heterocycles. The van der Waals surface area contributed by atoms with Crippen molar-refractivity contribution in [3.63, 3.8) is 0 Å². The van der Waals surface area contributed by atoms with E-state index in [2.05, 4.69) is 5.32 Å². The van der Waals surface area contributed by atoms with Gasteiger partial charge in [-0.25, -0.2) is 0 Å². The van der Waals surface area contributed by atoms with E-state index in [-0.39, 0.29) is 11.8 Å². The summed E-state index contributed by atoms with van der Waals surface area (Å²) in [5.41, 5.74) is 1.17. The van der Waals surface area contributed by atoms with Gasteiger partial charge >= 0.3 is 0 Å². The van der Waals surface area contributed by atoms with Crippen molar-refractivity contribution in [1.29, 1.82) is 0 Å². The van der Waals surface area contributed by atoms with Crippen LogP contribution in [0.25, 0.3) is 0 Å². The zero-order chi connectivity index (χ0) is 18.2. The Bertz CT molecular complexity index is 741. The van der Waals surface area contributed by atoms with Gasteiger partial charge in [-0.3, -0.25) is 9.59 Å². The van der Waals surface area contributed by atoms with Crippen LogP contribution in [0.4, 0.5) is 5.69 Å². The van der Waals surface area contributed by atoms with E-state index in [4.69, 9.17) is 0 Å². The van der Waals surface area contributed by atoms with Crippen molar-refractivity contribution >= 4 is 29.3 Å². The number of carbonyl (C=O) groups is 2. The highest BCUT2D eigenvalue weighted by Gasteiger charge is 2.20. The molecule has 0 aliphatic carbocycles. The molecule has 1 saturated heterocycles. The fourth-order valence-corrected chi connectivity index (χ4v) is 3.79. The van der Waals surface area contributed by atoms with Gasteiger partial charge in [-0.05, 0) is 37.1 Å². The predicted molar refractivity (Wildman–Crippen MR) is 107 cm³/mol. The Kier molecular flexibility index (Phi) is 6.72. The summed E-state index contributed by atoms with van der Waals surface area (Å²) in [5, 5.41) is 2.91. The molecule has 0 saturated carbocycles. The lowest BCUT2D eigenvalue weighted by atomic mass is 10.1. The van der Waals surface area contributed by atoms with E-state index in [9.17, 15) is 9.59 Å². The van der Waals surface area contributed by atoms with Gasteiger partial charge < -0.3 is 10.2 Å². The first-order valence-corrected chi connectivity index (χ1v) is 10.1. The second-order valence-electron chi connectivity index (χ2n) is 6.40. The minimum atomic E-state index is -0.102. The molecule has 136 valence electrons. The Hall–Kier alpha value is -2.27. The van der Waals surface area contributed by atoms with Crippen LogP contribution in [0.3, 0.4) is 0 Å². The van der Waals surface area contributed by atoms with Crippen LogP contribution in [-0.2, 0) is 4.79 Å². The standard InChI is InChI=1S/C21H24N2O2S/c24-20(16-26-17-10-4-3-5-11-17)22-19-13-7-6-12-18(19)21(25)23-14-8-1-2-9-15-23/h3-7,10-13H,1-2,8-9,14-16H2,(H,22,24). The van der Waals surface area contributed by atoms with Crippen molar-refractivity contribution in [1.82, 2.24) is 4.90 Å². The highest BCUT2D eigenvalue weighted by atomic mass is 32.2. The summed E-state index contributed by atoms with van der Waals surface area (Å²) >= 11 is 1.49. The molecule has 0 radical (unpaired) electrons. The third-order valence-corrected chi connectivity index (χ3v) is 5.45. The van der Waals surface area contributed by atoms with Crippen molar-refractivity contribution in [2.45, 2.75) is 30.6 Å². The van der Waals surface area contributed by atoms with Gasteiger partial charge in [0.05, 0.1) is 17.0 Å². The number of benzene rings is 2. The molecule has 4 nitrogen and oxygen atoms in total. The molecular formula is C21H24N2O2S. The maximum absolute atomic E-state index is 12.9. The van der Waals surface area contributed by atoms with Crippen LogP contribution in [0.1, 0.15) is 36.0 Å². The second kappa shape index (κ2) is 9.43. The largest absolute Gasteiger partial charge is 0.339 e. The third kappa shape index (κ3) is 5.11. The van der Waals surface area contributed by atoms with E-state index in [0.717, 1.165) is 30.8 Å². The molecular weight excluding hydrogens is 344 g/mol. The number of hydrogen-bond donors (Lipinski definition) is 1. The van der Waals surface area contributed by atoms with Crippen molar-refractivity contribution < 1.29 is 9.59 Å². The summed E-state index contributed by atoms with van der Waals surface area (Å²) in [7, 11) is 0. The maximum atomic E-state index is 12.9. The molecule has 5 heteroatoms. The first-order chi connectivity index (χ1) is 12.7. The van der Waals surface area contributed by atoms with E-state index >= 15 is 0 Å². The van der Waals surface area contributed by atoms with Crippen LogP contribution in [0.5, 0.6) is 0 Å². The molecule has 1 aliphatic heterocycles. The first kappa shape index (κ1) is 18.5. The van der Waals surface area contributed by atoms with E-state index < -0.39 is 0 Å². The normalized spacial score (nSPS) is 14.5. The SMILES string of the molecule is O=C(CSc1ccccc1)Nc1ccccc1C(=O)N1CCCCCC1. The van der Waals surface area contributed by atoms with E-state index in [1.807, 2.05) is 47.4 Å². The first-order valence-electron chi connectivity index (χ1n) is 9.10. The Morgan fingerprint density at radius 3 is 2.27 bits per heavy atom. The maximum Gasteiger partial charge on any atom is 0.255 e. The van der Waals surface area contributed by atoms with Gasteiger partial charge in [0.25, 0.3) is 5.91 Å². The minimum Gasteiger partial charge on any atom is -0.339 e. The zero-order valence-corrected chi connectivity index (χ0v) is 15.6. The highest BCUT2D eigenvalue weighted by Crippen LogP contribution is 2.21. The molecule has 0 spiro atoms.